The second-order valence-electron chi connectivity index (χ2n) is 3.33. The molecule has 0 aliphatic rings. The van der Waals surface area contributed by atoms with Gasteiger partial charge in [-0.25, -0.2) is 0 Å². The molecule has 0 aliphatic heterocycles. The Morgan fingerprint density at radius 1 is 1.09 bits per heavy atom. The molecule has 0 saturated carbocycles. The number of allylic oxidation sites excluding steroid dienone is 2. The molecule has 2 nitrogen and oxygen atoms in total. The van der Waals surface area contributed by atoms with Crippen LogP contribution in [0.25, 0.3) is 0 Å². The Morgan fingerprint density at radius 2 is 1.55 bits per heavy atom. The zero-order chi connectivity index (χ0) is 9.02. The van der Waals surface area contributed by atoms with Crippen molar-refractivity contribution in [2.75, 3.05) is 7.11 Å². The predicted molar refractivity (Wildman–Crippen MR) is 47.9 cm³/mol. The van der Waals surface area contributed by atoms with E-state index in [-0.39, 0.29) is 0 Å². The van der Waals surface area contributed by atoms with Crippen LogP contribution in [0.2, 0.25) is 0 Å². The Labute approximate surface area is 69.4 Å². The zero-order valence-electron chi connectivity index (χ0n) is 8.14. The van der Waals surface area contributed by atoms with Gasteiger partial charge in [-0.05, 0) is 5.92 Å². The zero-order valence-corrected chi connectivity index (χ0v) is 8.14. The summed E-state index contributed by atoms with van der Waals surface area (Å²) in [6.07, 6.45) is 0. The van der Waals surface area contributed by atoms with Gasteiger partial charge in [0.15, 0.2) is 0 Å². The van der Waals surface area contributed by atoms with E-state index in [1.165, 1.54) is 0 Å². The molecule has 0 fully saturated rings. The number of rotatable bonds is 3. The molecule has 0 rings (SSSR count). The first-order chi connectivity index (χ1) is 5.00. The maximum Gasteiger partial charge on any atom is 0.117 e. The standard InChI is InChI=1S/C9H19NO/c1-6(2)8(10)9(11-5)7(3)4/h6-7H,10H2,1-5H3/b9-8-. The first-order valence-corrected chi connectivity index (χ1v) is 4.04. The first-order valence-electron chi connectivity index (χ1n) is 4.04. The monoisotopic (exact) mass is 157 g/mol. The highest BCUT2D eigenvalue weighted by Crippen LogP contribution is 2.17. The molecule has 0 heterocycles. The van der Waals surface area contributed by atoms with Crippen LogP contribution in [-0.4, -0.2) is 7.11 Å². The molecule has 0 aromatic carbocycles. The minimum Gasteiger partial charge on any atom is -0.499 e. The van der Waals surface area contributed by atoms with Crippen molar-refractivity contribution in [3.63, 3.8) is 0 Å². The smallest absolute Gasteiger partial charge is 0.117 e. The highest BCUT2D eigenvalue weighted by atomic mass is 16.5. The molecule has 0 aromatic heterocycles. The van der Waals surface area contributed by atoms with Crippen LogP contribution in [0.1, 0.15) is 27.7 Å². The van der Waals surface area contributed by atoms with Gasteiger partial charge in [-0.3, -0.25) is 0 Å². The van der Waals surface area contributed by atoms with Gasteiger partial charge in [0, 0.05) is 11.6 Å². The molecular formula is C9H19NO. The third kappa shape index (κ3) is 2.83. The maximum absolute atomic E-state index is 5.83. The summed E-state index contributed by atoms with van der Waals surface area (Å²) in [6.45, 7) is 8.29. The maximum atomic E-state index is 5.83. The fraction of sp³-hybridized carbons (Fsp3) is 0.778. The van der Waals surface area contributed by atoms with Crippen molar-refractivity contribution >= 4 is 0 Å². The molecule has 0 saturated heterocycles. The molecule has 0 spiro atoms. The van der Waals surface area contributed by atoms with Gasteiger partial charge in [0.2, 0.25) is 0 Å². The minimum atomic E-state index is 0.368. The van der Waals surface area contributed by atoms with Crippen molar-refractivity contribution in [2.24, 2.45) is 17.6 Å². The Hall–Kier alpha value is -0.660. The van der Waals surface area contributed by atoms with Gasteiger partial charge in [0.1, 0.15) is 5.76 Å². The van der Waals surface area contributed by atoms with Crippen molar-refractivity contribution in [3.05, 3.63) is 11.5 Å². The van der Waals surface area contributed by atoms with Gasteiger partial charge in [-0.2, -0.15) is 0 Å². The van der Waals surface area contributed by atoms with Crippen molar-refractivity contribution in [1.29, 1.82) is 0 Å². The molecule has 66 valence electrons. The van der Waals surface area contributed by atoms with Gasteiger partial charge in [-0.15, -0.1) is 0 Å². The van der Waals surface area contributed by atoms with Crippen LogP contribution in [0.4, 0.5) is 0 Å². The number of methoxy groups -OCH3 is 1. The third-order valence-electron chi connectivity index (χ3n) is 1.65. The number of ether oxygens (including phenoxy) is 1. The van der Waals surface area contributed by atoms with E-state index in [2.05, 4.69) is 27.7 Å². The summed E-state index contributed by atoms with van der Waals surface area (Å²) in [5.74, 6) is 1.66. The molecular weight excluding hydrogens is 138 g/mol. The lowest BCUT2D eigenvalue weighted by molar-refractivity contribution is 0.244. The van der Waals surface area contributed by atoms with Gasteiger partial charge in [0.05, 0.1) is 7.11 Å². The molecule has 0 atom stereocenters. The van der Waals surface area contributed by atoms with E-state index in [1.54, 1.807) is 7.11 Å². The van der Waals surface area contributed by atoms with Crippen LogP contribution in [0, 0.1) is 11.8 Å². The molecule has 2 N–H and O–H groups in total. The number of hydrogen-bond donors (Lipinski definition) is 1. The summed E-state index contributed by atoms with van der Waals surface area (Å²) < 4.78 is 5.19. The SMILES string of the molecule is CO/C(=C(\N)C(C)C)C(C)C. The van der Waals surface area contributed by atoms with E-state index in [4.69, 9.17) is 10.5 Å². The van der Waals surface area contributed by atoms with E-state index in [9.17, 15) is 0 Å². The average Bonchev–Trinajstić information content (AvgIpc) is 1.88. The third-order valence-corrected chi connectivity index (χ3v) is 1.65. The second kappa shape index (κ2) is 4.27. The van der Waals surface area contributed by atoms with Crippen molar-refractivity contribution in [1.82, 2.24) is 0 Å². The van der Waals surface area contributed by atoms with Gasteiger partial charge in [0.25, 0.3) is 0 Å². The Morgan fingerprint density at radius 3 is 1.64 bits per heavy atom. The molecule has 0 aromatic rings. The molecule has 0 aliphatic carbocycles. The molecule has 0 radical (unpaired) electrons. The topological polar surface area (TPSA) is 35.2 Å². The normalized spacial score (nSPS) is 13.7. The lowest BCUT2D eigenvalue weighted by Gasteiger charge is -2.15. The van der Waals surface area contributed by atoms with Crippen LogP contribution in [0.15, 0.2) is 11.5 Å². The van der Waals surface area contributed by atoms with Crippen LogP contribution < -0.4 is 5.73 Å². The lowest BCUT2D eigenvalue weighted by Crippen LogP contribution is -2.13. The van der Waals surface area contributed by atoms with Gasteiger partial charge >= 0.3 is 0 Å². The van der Waals surface area contributed by atoms with E-state index >= 15 is 0 Å². The van der Waals surface area contributed by atoms with E-state index < -0.39 is 0 Å². The number of nitrogens with two attached hydrogens (primary N) is 1. The second-order valence-corrected chi connectivity index (χ2v) is 3.33. The predicted octanol–water partition coefficient (Wildman–Crippen LogP) is 2.12. The fourth-order valence-electron chi connectivity index (χ4n) is 0.971. The highest BCUT2D eigenvalue weighted by molar-refractivity contribution is 5.08. The van der Waals surface area contributed by atoms with E-state index in [0.29, 0.717) is 11.8 Å². The number of hydrogen-bond acceptors (Lipinski definition) is 2. The average molecular weight is 157 g/mol. The van der Waals surface area contributed by atoms with Crippen LogP contribution in [0.5, 0.6) is 0 Å². The summed E-state index contributed by atoms with van der Waals surface area (Å²) in [5, 5.41) is 0. The van der Waals surface area contributed by atoms with E-state index in [0.717, 1.165) is 11.5 Å². The minimum absolute atomic E-state index is 0.368. The fourth-order valence-corrected chi connectivity index (χ4v) is 0.971. The molecule has 0 bridgehead atoms. The van der Waals surface area contributed by atoms with Crippen molar-refractivity contribution in [3.8, 4) is 0 Å². The largest absolute Gasteiger partial charge is 0.499 e. The molecule has 0 amide bonds. The summed E-state index contributed by atoms with van der Waals surface area (Å²) in [5.41, 5.74) is 6.69. The summed E-state index contributed by atoms with van der Waals surface area (Å²) >= 11 is 0. The quantitative estimate of drug-likeness (QED) is 0.637. The summed E-state index contributed by atoms with van der Waals surface area (Å²) in [7, 11) is 1.67. The van der Waals surface area contributed by atoms with Gasteiger partial charge in [-0.1, -0.05) is 27.7 Å². The molecule has 2 heteroatoms. The van der Waals surface area contributed by atoms with Crippen LogP contribution in [0.3, 0.4) is 0 Å². The highest BCUT2D eigenvalue weighted by Gasteiger charge is 2.10. The summed E-state index contributed by atoms with van der Waals surface area (Å²) in [6, 6.07) is 0. The molecule has 11 heavy (non-hydrogen) atoms. The van der Waals surface area contributed by atoms with Gasteiger partial charge < -0.3 is 10.5 Å². The van der Waals surface area contributed by atoms with Crippen LogP contribution >= 0.6 is 0 Å². The van der Waals surface area contributed by atoms with Crippen molar-refractivity contribution in [2.45, 2.75) is 27.7 Å². The Balaban J connectivity index is 4.54. The first kappa shape index (κ1) is 10.3. The lowest BCUT2D eigenvalue weighted by atomic mass is 10.0. The van der Waals surface area contributed by atoms with Crippen LogP contribution in [-0.2, 0) is 4.74 Å². The molecule has 0 unspecified atom stereocenters. The summed E-state index contributed by atoms with van der Waals surface area (Å²) in [4.78, 5) is 0. The van der Waals surface area contributed by atoms with Crippen molar-refractivity contribution < 1.29 is 4.74 Å². The Kier molecular flexibility index (Phi) is 4.01. The van der Waals surface area contributed by atoms with E-state index in [1.807, 2.05) is 0 Å². The Bertz CT molecular complexity index is 148.